The number of amides is 4. The van der Waals surface area contributed by atoms with Crippen LogP contribution in [0.2, 0.25) is 0 Å². The molecule has 1 aromatic carbocycles. The third-order valence-corrected chi connectivity index (χ3v) is 7.08. The molecule has 1 aromatic heterocycles. The fraction of sp³-hybridized carbons (Fsp3) is 0.450. The van der Waals surface area contributed by atoms with E-state index in [0.717, 1.165) is 22.4 Å². The van der Waals surface area contributed by atoms with Crippen molar-refractivity contribution in [1.82, 2.24) is 20.8 Å². The van der Waals surface area contributed by atoms with Crippen LogP contribution in [0, 0.1) is 12.3 Å². The monoisotopic (exact) mass is 442 g/mol. The molecule has 3 aliphatic heterocycles. The lowest BCUT2D eigenvalue weighted by Gasteiger charge is -2.55. The lowest BCUT2D eigenvalue weighted by molar-refractivity contribution is -0.153. The van der Waals surface area contributed by atoms with Gasteiger partial charge in [0.15, 0.2) is 5.41 Å². The van der Waals surface area contributed by atoms with Gasteiger partial charge in [0.1, 0.15) is 5.01 Å². The molecule has 1 unspecified atom stereocenters. The minimum Gasteiger partial charge on any atom is -0.374 e. The highest BCUT2D eigenvalue weighted by atomic mass is 32.1. The van der Waals surface area contributed by atoms with Crippen LogP contribution in [0.25, 0.3) is 10.6 Å². The number of carbonyl (C=O) groups is 3. The SMILES string of the molecule is Cc1cc(-c2nnc(N)s2)cc2c1N1C[C@H](C)O[C@H](C)C1C1(C2)C(=O)NC(=O)NC1=O. The molecule has 2 saturated heterocycles. The molecule has 4 heterocycles. The Bertz CT molecular complexity index is 1110. The normalized spacial score (nSPS) is 26.9. The van der Waals surface area contributed by atoms with Crippen molar-refractivity contribution in [2.45, 2.75) is 45.4 Å². The zero-order valence-corrected chi connectivity index (χ0v) is 18.1. The largest absolute Gasteiger partial charge is 0.374 e. The van der Waals surface area contributed by atoms with Crippen molar-refractivity contribution < 1.29 is 19.1 Å². The molecule has 2 aromatic rings. The van der Waals surface area contributed by atoms with Gasteiger partial charge in [0, 0.05) is 17.8 Å². The van der Waals surface area contributed by atoms with Crippen LogP contribution in [0.3, 0.4) is 0 Å². The van der Waals surface area contributed by atoms with Crippen LogP contribution in [0.4, 0.5) is 15.6 Å². The minimum atomic E-state index is -1.49. The molecule has 0 saturated carbocycles. The predicted octanol–water partition coefficient (Wildman–Crippen LogP) is 0.986. The van der Waals surface area contributed by atoms with Crippen LogP contribution in [0.15, 0.2) is 12.1 Å². The molecule has 1 spiro atoms. The van der Waals surface area contributed by atoms with Crippen LogP contribution in [0.1, 0.15) is 25.0 Å². The quantitative estimate of drug-likeness (QED) is 0.556. The van der Waals surface area contributed by atoms with E-state index in [-0.39, 0.29) is 12.5 Å². The maximum Gasteiger partial charge on any atom is 0.328 e. The molecule has 162 valence electrons. The Morgan fingerprint density at radius 1 is 1.19 bits per heavy atom. The highest BCUT2D eigenvalue weighted by Crippen LogP contribution is 2.48. The van der Waals surface area contributed by atoms with Gasteiger partial charge in [-0.05, 0) is 50.5 Å². The first-order valence-electron chi connectivity index (χ1n) is 10.0. The second-order valence-electron chi connectivity index (χ2n) is 8.38. The number of nitrogens with one attached hydrogen (secondary N) is 2. The van der Waals surface area contributed by atoms with Gasteiger partial charge in [-0.15, -0.1) is 10.2 Å². The van der Waals surface area contributed by atoms with E-state index in [1.54, 1.807) is 0 Å². The van der Waals surface area contributed by atoms with Crippen molar-refractivity contribution in [3.8, 4) is 10.6 Å². The number of nitrogens with zero attached hydrogens (tertiary/aromatic N) is 3. The average Bonchev–Trinajstić information content (AvgIpc) is 3.11. The summed E-state index contributed by atoms with van der Waals surface area (Å²) in [6.07, 6.45) is -0.351. The van der Waals surface area contributed by atoms with E-state index in [2.05, 4.69) is 25.7 Å². The Hall–Kier alpha value is -3.05. The number of benzene rings is 1. The summed E-state index contributed by atoms with van der Waals surface area (Å²) in [6.45, 7) is 6.35. The number of carbonyl (C=O) groups excluding carboxylic acids is 3. The summed E-state index contributed by atoms with van der Waals surface area (Å²) in [5.41, 5.74) is 7.89. The number of morpholine rings is 1. The van der Waals surface area contributed by atoms with Crippen LogP contribution < -0.4 is 21.3 Å². The highest BCUT2D eigenvalue weighted by Gasteiger charge is 2.63. The van der Waals surface area contributed by atoms with E-state index in [9.17, 15) is 14.4 Å². The van der Waals surface area contributed by atoms with Gasteiger partial charge in [-0.2, -0.15) is 0 Å². The molecule has 4 amide bonds. The number of urea groups is 1. The fourth-order valence-corrected chi connectivity index (χ4v) is 5.89. The Kier molecular flexibility index (Phi) is 4.31. The van der Waals surface area contributed by atoms with Crippen LogP contribution in [-0.2, 0) is 20.7 Å². The number of barbiturate groups is 1. The van der Waals surface area contributed by atoms with Crippen molar-refractivity contribution in [2.75, 3.05) is 17.2 Å². The number of rotatable bonds is 1. The molecule has 11 heteroatoms. The van der Waals surface area contributed by atoms with Gasteiger partial charge in [-0.3, -0.25) is 20.2 Å². The molecule has 0 radical (unpaired) electrons. The van der Waals surface area contributed by atoms with Crippen LogP contribution in [0.5, 0.6) is 0 Å². The fourth-order valence-electron chi connectivity index (χ4n) is 5.30. The number of hydrogen-bond acceptors (Lipinski definition) is 9. The Labute approximate surface area is 182 Å². The minimum absolute atomic E-state index is 0.0902. The number of ether oxygens (including phenoxy) is 1. The summed E-state index contributed by atoms with van der Waals surface area (Å²) in [5, 5.41) is 13.7. The lowest BCUT2D eigenvalue weighted by Crippen LogP contribution is -2.75. The van der Waals surface area contributed by atoms with Gasteiger partial charge in [-0.25, -0.2) is 4.79 Å². The third-order valence-electron chi connectivity index (χ3n) is 6.27. The molecule has 2 fully saturated rings. The van der Waals surface area contributed by atoms with Gasteiger partial charge in [0.05, 0.1) is 18.2 Å². The molecule has 4 N–H and O–H groups in total. The first-order valence-corrected chi connectivity index (χ1v) is 10.8. The van der Waals surface area contributed by atoms with Gasteiger partial charge in [0.25, 0.3) is 0 Å². The van der Waals surface area contributed by atoms with E-state index in [1.807, 2.05) is 32.9 Å². The number of fused-ring (bicyclic) bond motifs is 4. The number of anilines is 2. The van der Waals surface area contributed by atoms with Gasteiger partial charge < -0.3 is 15.4 Å². The molecule has 3 atom stereocenters. The second-order valence-corrected chi connectivity index (χ2v) is 9.39. The number of nitrogen functional groups attached to an aromatic ring is 1. The first kappa shape index (κ1) is 19.9. The summed E-state index contributed by atoms with van der Waals surface area (Å²) in [4.78, 5) is 40.3. The molecular weight excluding hydrogens is 420 g/mol. The number of aromatic nitrogens is 2. The van der Waals surface area contributed by atoms with Crippen molar-refractivity contribution in [1.29, 1.82) is 0 Å². The third kappa shape index (κ3) is 2.83. The van der Waals surface area contributed by atoms with E-state index in [1.165, 1.54) is 11.3 Å². The van der Waals surface area contributed by atoms with Crippen molar-refractivity contribution in [2.24, 2.45) is 5.41 Å². The van der Waals surface area contributed by atoms with E-state index < -0.39 is 35.4 Å². The number of imide groups is 2. The zero-order chi connectivity index (χ0) is 22.1. The topological polar surface area (TPSA) is 140 Å². The van der Waals surface area contributed by atoms with Gasteiger partial charge >= 0.3 is 6.03 Å². The van der Waals surface area contributed by atoms with E-state index >= 15 is 0 Å². The predicted molar refractivity (Wildman–Crippen MR) is 113 cm³/mol. The standard InChI is InChI=1S/C20H22N6O4S/c1-8-4-11(15-24-25-18(21)31-15)5-12-6-20(16(27)22-19(29)23-17(20)28)14-10(3)30-9(2)7-26(14)13(8)12/h4-5,9-10,14H,6-7H2,1-3H3,(H2,21,25)(H2,22,23,27,28,29)/t9-,10+,14?/m0/s1. The molecule has 3 aliphatic rings. The zero-order valence-electron chi connectivity index (χ0n) is 17.3. The highest BCUT2D eigenvalue weighted by molar-refractivity contribution is 7.18. The van der Waals surface area contributed by atoms with Gasteiger partial charge in [-0.1, -0.05) is 11.3 Å². The van der Waals surface area contributed by atoms with E-state index in [4.69, 9.17) is 10.5 Å². The Morgan fingerprint density at radius 3 is 2.55 bits per heavy atom. The van der Waals surface area contributed by atoms with Crippen molar-refractivity contribution >= 4 is 40.0 Å². The lowest BCUT2D eigenvalue weighted by atomic mass is 9.66. The Morgan fingerprint density at radius 2 is 1.90 bits per heavy atom. The summed E-state index contributed by atoms with van der Waals surface area (Å²) in [5.74, 6) is -1.20. The smallest absolute Gasteiger partial charge is 0.328 e. The molecule has 0 bridgehead atoms. The maximum atomic E-state index is 13.2. The molecule has 10 nitrogen and oxygen atoms in total. The average molecular weight is 443 g/mol. The molecule has 31 heavy (non-hydrogen) atoms. The number of nitrogens with two attached hydrogens (primary N) is 1. The molecule has 5 rings (SSSR count). The summed E-state index contributed by atoms with van der Waals surface area (Å²) >= 11 is 1.27. The summed E-state index contributed by atoms with van der Waals surface area (Å²) in [6, 6.07) is 2.60. The number of hydrogen-bond donors (Lipinski definition) is 3. The second kappa shape index (κ2) is 6.72. The van der Waals surface area contributed by atoms with Crippen LogP contribution in [-0.4, -0.2) is 52.8 Å². The van der Waals surface area contributed by atoms with Crippen molar-refractivity contribution in [3.63, 3.8) is 0 Å². The number of aryl methyl sites for hydroxylation is 1. The van der Waals surface area contributed by atoms with E-state index in [0.29, 0.717) is 16.7 Å². The van der Waals surface area contributed by atoms with Gasteiger partial charge in [0.2, 0.25) is 16.9 Å². The summed E-state index contributed by atoms with van der Waals surface area (Å²) in [7, 11) is 0. The van der Waals surface area contributed by atoms with Crippen molar-refractivity contribution in [3.05, 3.63) is 23.3 Å². The molecular formula is C20H22N6O4S. The first-order chi connectivity index (χ1) is 14.7. The maximum absolute atomic E-state index is 13.2. The Balaban J connectivity index is 1.72. The summed E-state index contributed by atoms with van der Waals surface area (Å²) < 4.78 is 6.04. The molecule has 0 aliphatic carbocycles. The van der Waals surface area contributed by atoms with Crippen LogP contribution >= 0.6 is 11.3 Å².